The van der Waals surface area contributed by atoms with Crippen LogP contribution >= 0.6 is 35.0 Å². The largest absolute Gasteiger partial charge is 0.497 e. The van der Waals surface area contributed by atoms with Crippen molar-refractivity contribution >= 4 is 46.8 Å². The summed E-state index contributed by atoms with van der Waals surface area (Å²) in [5.74, 6) is 1.36. The molecule has 0 saturated heterocycles. The van der Waals surface area contributed by atoms with Crippen LogP contribution < -0.4 is 10.1 Å². The van der Waals surface area contributed by atoms with E-state index in [9.17, 15) is 9.59 Å². The van der Waals surface area contributed by atoms with E-state index in [1.165, 1.54) is 11.8 Å². The summed E-state index contributed by atoms with van der Waals surface area (Å²) >= 11 is 13.5. The highest BCUT2D eigenvalue weighted by molar-refractivity contribution is 7.99. The number of carbonyl (C=O) groups is 2. The number of rotatable bonds is 11. The lowest BCUT2D eigenvalue weighted by Crippen LogP contribution is -2.48. The molecule has 8 heteroatoms. The summed E-state index contributed by atoms with van der Waals surface area (Å²) in [6.07, 6.45) is 0.838. The molecule has 0 spiro atoms. The van der Waals surface area contributed by atoms with E-state index in [1.807, 2.05) is 37.3 Å². The Labute approximate surface area is 198 Å². The summed E-state index contributed by atoms with van der Waals surface area (Å²) in [5.41, 5.74) is 1.92. The van der Waals surface area contributed by atoms with Crippen molar-refractivity contribution in [1.29, 1.82) is 0 Å². The van der Waals surface area contributed by atoms with Crippen molar-refractivity contribution < 1.29 is 14.3 Å². The second kappa shape index (κ2) is 12.8. The molecule has 2 aromatic carbocycles. The number of hydrogen-bond acceptors (Lipinski definition) is 4. The van der Waals surface area contributed by atoms with E-state index in [-0.39, 0.29) is 17.6 Å². The standard InChI is InChI=1S/C23H28Cl2N2O3S/c1-4-11-26-23(29)16(2)27(13-17-5-8-19(30-3)9-6-17)22(28)15-31-14-18-7-10-20(24)21(25)12-18/h5-10,12,16H,4,11,13-15H2,1-3H3,(H,26,29)/t16-/m1/s1. The van der Waals surface area contributed by atoms with Gasteiger partial charge in [-0.05, 0) is 48.7 Å². The van der Waals surface area contributed by atoms with Gasteiger partial charge in [0, 0.05) is 18.8 Å². The molecule has 0 radical (unpaired) electrons. The monoisotopic (exact) mass is 482 g/mol. The Morgan fingerprint density at radius 2 is 1.77 bits per heavy atom. The number of halogens is 2. The Morgan fingerprint density at radius 3 is 2.39 bits per heavy atom. The third kappa shape index (κ3) is 7.95. The maximum atomic E-state index is 13.1. The first-order chi connectivity index (χ1) is 14.8. The molecule has 1 atom stereocenters. The normalized spacial score (nSPS) is 11.6. The minimum Gasteiger partial charge on any atom is -0.497 e. The molecule has 31 heavy (non-hydrogen) atoms. The lowest BCUT2D eigenvalue weighted by atomic mass is 10.1. The molecule has 168 valence electrons. The van der Waals surface area contributed by atoms with E-state index in [2.05, 4.69) is 5.32 Å². The van der Waals surface area contributed by atoms with Gasteiger partial charge in [0.2, 0.25) is 11.8 Å². The first-order valence-corrected chi connectivity index (χ1v) is 12.0. The summed E-state index contributed by atoms with van der Waals surface area (Å²) in [5, 5.41) is 3.88. The van der Waals surface area contributed by atoms with Gasteiger partial charge in [0.05, 0.1) is 22.9 Å². The van der Waals surface area contributed by atoms with Crippen molar-refractivity contribution in [2.45, 2.75) is 38.6 Å². The Bertz CT molecular complexity index is 878. The predicted octanol–water partition coefficient (Wildman–Crippen LogP) is 5.18. The number of benzene rings is 2. The topological polar surface area (TPSA) is 58.6 Å². The zero-order chi connectivity index (χ0) is 22.8. The molecule has 0 aliphatic rings. The summed E-state index contributed by atoms with van der Waals surface area (Å²) in [7, 11) is 1.61. The van der Waals surface area contributed by atoms with Crippen LogP contribution in [0.4, 0.5) is 0 Å². The van der Waals surface area contributed by atoms with Crippen LogP contribution in [0.2, 0.25) is 10.0 Å². The van der Waals surface area contributed by atoms with Crippen molar-refractivity contribution in [3.63, 3.8) is 0 Å². The molecule has 0 aromatic heterocycles. The van der Waals surface area contributed by atoms with E-state index >= 15 is 0 Å². The molecular formula is C23H28Cl2N2O3S. The summed E-state index contributed by atoms with van der Waals surface area (Å²) in [6.45, 7) is 4.68. The molecule has 0 aliphatic heterocycles. The second-order valence-corrected chi connectivity index (χ2v) is 8.88. The number of nitrogens with one attached hydrogen (secondary N) is 1. The zero-order valence-electron chi connectivity index (χ0n) is 18.0. The molecule has 0 unspecified atom stereocenters. The van der Waals surface area contributed by atoms with Crippen LogP contribution in [0.5, 0.6) is 5.75 Å². The molecule has 0 saturated carbocycles. The number of methoxy groups -OCH3 is 1. The van der Waals surface area contributed by atoms with Crippen LogP contribution in [0.3, 0.4) is 0 Å². The van der Waals surface area contributed by atoms with Gasteiger partial charge in [0.1, 0.15) is 11.8 Å². The predicted molar refractivity (Wildman–Crippen MR) is 129 cm³/mol. The Morgan fingerprint density at radius 1 is 1.10 bits per heavy atom. The Balaban J connectivity index is 2.06. The first-order valence-electron chi connectivity index (χ1n) is 10.1. The van der Waals surface area contributed by atoms with E-state index in [1.54, 1.807) is 31.1 Å². The molecule has 1 N–H and O–H groups in total. The van der Waals surface area contributed by atoms with E-state index in [0.717, 1.165) is 23.3 Å². The molecule has 0 bridgehead atoms. The Hall–Kier alpha value is -1.89. The van der Waals surface area contributed by atoms with Crippen LogP contribution in [-0.2, 0) is 21.9 Å². The van der Waals surface area contributed by atoms with E-state index in [4.69, 9.17) is 27.9 Å². The molecule has 2 aromatic rings. The summed E-state index contributed by atoms with van der Waals surface area (Å²) in [6, 6.07) is 12.4. The summed E-state index contributed by atoms with van der Waals surface area (Å²) < 4.78 is 5.20. The maximum Gasteiger partial charge on any atom is 0.242 e. The van der Waals surface area contributed by atoms with Gasteiger partial charge in [-0.25, -0.2) is 0 Å². The molecule has 2 amide bonds. The van der Waals surface area contributed by atoms with Gasteiger partial charge in [-0.15, -0.1) is 11.8 Å². The smallest absolute Gasteiger partial charge is 0.242 e. The lowest BCUT2D eigenvalue weighted by molar-refractivity contribution is -0.138. The van der Waals surface area contributed by atoms with E-state index in [0.29, 0.717) is 28.9 Å². The molecule has 0 fully saturated rings. The van der Waals surface area contributed by atoms with Gasteiger partial charge in [-0.2, -0.15) is 0 Å². The van der Waals surface area contributed by atoms with Crippen LogP contribution in [0.15, 0.2) is 42.5 Å². The van der Waals surface area contributed by atoms with Gasteiger partial charge >= 0.3 is 0 Å². The number of nitrogens with zero attached hydrogens (tertiary/aromatic N) is 1. The van der Waals surface area contributed by atoms with Crippen LogP contribution in [0.25, 0.3) is 0 Å². The molecule has 0 aliphatic carbocycles. The van der Waals surface area contributed by atoms with E-state index < -0.39 is 6.04 Å². The highest BCUT2D eigenvalue weighted by atomic mass is 35.5. The fraction of sp³-hybridized carbons (Fsp3) is 0.391. The molecular weight excluding hydrogens is 455 g/mol. The van der Waals surface area contributed by atoms with Gasteiger partial charge < -0.3 is 15.0 Å². The van der Waals surface area contributed by atoms with Crippen molar-refractivity contribution in [1.82, 2.24) is 10.2 Å². The number of amides is 2. The van der Waals surface area contributed by atoms with Crippen molar-refractivity contribution in [3.8, 4) is 5.75 Å². The average molecular weight is 483 g/mol. The quantitative estimate of drug-likeness (QED) is 0.479. The maximum absolute atomic E-state index is 13.1. The molecule has 2 rings (SSSR count). The number of ether oxygens (including phenoxy) is 1. The minimum absolute atomic E-state index is 0.0972. The van der Waals surface area contributed by atoms with Crippen LogP contribution in [0, 0.1) is 0 Å². The van der Waals surface area contributed by atoms with Gasteiger partial charge in [0.25, 0.3) is 0 Å². The van der Waals surface area contributed by atoms with Gasteiger partial charge in [-0.3, -0.25) is 9.59 Å². The number of carbonyl (C=O) groups excluding carboxylic acids is 2. The first kappa shape index (κ1) is 25.4. The van der Waals surface area contributed by atoms with Crippen LogP contribution in [0.1, 0.15) is 31.4 Å². The highest BCUT2D eigenvalue weighted by Crippen LogP contribution is 2.25. The average Bonchev–Trinajstić information content (AvgIpc) is 2.78. The fourth-order valence-electron chi connectivity index (χ4n) is 2.87. The lowest BCUT2D eigenvalue weighted by Gasteiger charge is -2.28. The van der Waals surface area contributed by atoms with Crippen molar-refractivity contribution in [3.05, 3.63) is 63.6 Å². The second-order valence-electron chi connectivity index (χ2n) is 7.08. The molecule has 5 nitrogen and oxygen atoms in total. The molecule has 0 heterocycles. The van der Waals surface area contributed by atoms with Crippen molar-refractivity contribution in [2.75, 3.05) is 19.4 Å². The minimum atomic E-state index is -0.577. The van der Waals surface area contributed by atoms with Gasteiger partial charge in [0.15, 0.2) is 0 Å². The Kier molecular flexibility index (Phi) is 10.5. The van der Waals surface area contributed by atoms with Crippen molar-refractivity contribution in [2.24, 2.45) is 0 Å². The zero-order valence-corrected chi connectivity index (χ0v) is 20.3. The SMILES string of the molecule is CCCNC(=O)[C@@H](C)N(Cc1ccc(OC)cc1)C(=O)CSCc1ccc(Cl)c(Cl)c1. The number of thioether (sulfide) groups is 1. The fourth-order valence-corrected chi connectivity index (χ4v) is 4.05. The summed E-state index contributed by atoms with van der Waals surface area (Å²) in [4.78, 5) is 27.2. The highest BCUT2D eigenvalue weighted by Gasteiger charge is 2.25. The third-order valence-corrected chi connectivity index (χ3v) is 6.43. The van der Waals surface area contributed by atoms with Gasteiger partial charge in [-0.1, -0.05) is 48.3 Å². The number of hydrogen-bond donors (Lipinski definition) is 1. The van der Waals surface area contributed by atoms with Crippen LogP contribution in [-0.4, -0.2) is 42.2 Å². The third-order valence-electron chi connectivity index (χ3n) is 4.71.